The normalized spacial score (nSPS) is 8.55. The molecule has 0 bridgehead atoms. The van der Waals surface area contributed by atoms with Crippen LogP contribution in [0.4, 0.5) is 0 Å². The Balaban J connectivity index is -0.000000107. The van der Waals surface area contributed by atoms with E-state index in [-0.39, 0.29) is 51.4 Å². The Hall–Kier alpha value is 1.07. The fourth-order valence-electron chi connectivity index (χ4n) is 0. The van der Waals surface area contributed by atoms with E-state index in [9.17, 15) is 9.90 Å². The molecule has 0 aromatic rings. The molecule has 0 heterocycles. The van der Waals surface area contributed by atoms with Crippen molar-refractivity contribution in [3.8, 4) is 0 Å². The molecule has 3 nitrogen and oxygen atoms in total. The summed E-state index contributed by atoms with van der Waals surface area (Å²) in [6.07, 6.45) is 0.750. The number of hydrogen-bond acceptors (Lipinski definition) is 2. The van der Waals surface area contributed by atoms with Gasteiger partial charge in [0.2, 0.25) is 6.41 Å². The van der Waals surface area contributed by atoms with E-state index in [1.165, 1.54) is 4.90 Å². The van der Waals surface area contributed by atoms with Crippen molar-refractivity contribution in [1.29, 1.82) is 0 Å². The van der Waals surface area contributed by atoms with Crippen molar-refractivity contribution in [2.75, 3.05) is 14.1 Å². The SMILES string of the molecule is CC(C)(C)[O-].CN(C)C=O.[K+]. The first-order valence-corrected chi connectivity index (χ1v) is 3.09. The molecule has 0 N–H and O–H groups in total. The molecule has 0 atom stereocenters. The first kappa shape index (κ1) is 18.0. The van der Waals surface area contributed by atoms with Gasteiger partial charge in [-0.25, -0.2) is 0 Å². The van der Waals surface area contributed by atoms with E-state index in [1.54, 1.807) is 34.9 Å². The molecule has 0 aliphatic rings. The maximum atomic E-state index is 10.1. The van der Waals surface area contributed by atoms with E-state index in [4.69, 9.17) is 0 Å². The van der Waals surface area contributed by atoms with Crippen LogP contribution in [0.15, 0.2) is 0 Å². The summed E-state index contributed by atoms with van der Waals surface area (Å²) >= 11 is 0. The molecule has 1 amide bonds. The third-order valence-electron chi connectivity index (χ3n) is 0.211. The monoisotopic (exact) mass is 185 g/mol. The smallest absolute Gasteiger partial charge is 0.850 e. The van der Waals surface area contributed by atoms with E-state index < -0.39 is 5.60 Å². The number of nitrogens with zero attached hydrogens (tertiary/aromatic N) is 1. The molecule has 0 unspecified atom stereocenters. The minimum absolute atomic E-state index is 0. The van der Waals surface area contributed by atoms with Crippen molar-refractivity contribution in [1.82, 2.24) is 4.90 Å². The maximum Gasteiger partial charge on any atom is 1.00 e. The Morgan fingerprint density at radius 2 is 1.36 bits per heavy atom. The summed E-state index contributed by atoms with van der Waals surface area (Å²) in [4.78, 5) is 10.9. The van der Waals surface area contributed by atoms with Gasteiger partial charge in [0, 0.05) is 14.1 Å². The first-order chi connectivity index (χ1) is 4.27. The average molecular weight is 185 g/mol. The molecule has 11 heavy (non-hydrogen) atoms. The molecule has 0 rings (SSSR count). The van der Waals surface area contributed by atoms with Gasteiger partial charge in [0.25, 0.3) is 0 Å². The van der Waals surface area contributed by atoms with Gasteiger partial charge in [-0.3, -0.25) is 4.79 Å². The number of amides is 1. The first-order valence-electron chi connectivity index (χ1n) is 3.09. The van der Waals surface area contributed by atoms with Gasteiger partial charge in [0.15, 0.2) is 0 Å². The molecule has 0 fully saturated rings. The minimum atomic E-state index is -0.750. The van der Waals surface area contributed by atoms with Crippen molar-refractivity contribution >= 4 is 6.41 Å². The van der Waals surface area contributed by atoms with E-state index in [0.717, 1.165) is 6.41 Å². The Kier molecular flexibility index (Phi) is 15.0. The number of rotatable bonds is 1. The molecule has 0 spiro atoms. The van der Waals surface area contributed by atoms with Crippen molar-refractivity contribution in [3.63, 3.8) is 0 Å². The van der Waals surface area contributed by atoms with Gasteiger partial charge < -0.3 is 10.0 Å². The fourth-order valence-corrected chi connectivity index (χ4v) is 0. The summed E-state index contributed by atoms with van der Waals surface area (Å²) in [7, 11) is 3.38. The zero-order chi connectivity index (χ0) is 8.78. The Morgan fingerprint density at radius 3 is 1.36 bits per heavy atom. The molecule has 0 saturated carbocycles. The third kappa shape index (κ3) is 96.7. The minimum Gasteiger partial charge on any atom is -0.850 e. The molecule has 4 heteroatoms. The van der Waals surface area contributed by atoms with Crippen LogP contribution in [0.25, 0.3) is 0 Å². The number of carbonyl (C=O) groups is 1. The van der Waals surface area contributed by atoms with Crippen LogP contribution in [0.5, 0.6) is 0 Å². The molecular weight excluding hydrogens is 169 g/mol. The summed E-state index contributed by atoms with van der Waals surface area (Å²) in [5, 5.41) is 10.1. The summed E-state index contributed by atoms with van der Waals surface area (Å²) in [5.74, 6) is 0. The number of carbonyl (C=O) groups excluding carboxylic acids is 1. The van der Waals surface area contributed by atoms with Crippen LogP contribution in [0.3, 0.4) is 0 Å². The van der Waals surface area contributed by atoms with Gasteiger partial charge in [0.05, 0.1) is 0 Å². The second-order valence-corrected chi connectivity index (χ2v) is 3.18. The van der Waals surface area contributed by atoms with Crippen LogP contribution < -0.4 is 56.5 Å². The Morgan fingerprint density at radius 1 is 1.27 bits per heavy atom. The molecule has 0 aliphatic carbocycles. The Bertz CT molecular complexity index is 82.9. The molecule has 0 aromatic carbocycles. The van der Waals surface area contributed by atoms with Crippen molar-refractivity contribution < 1.29 is 61.3 Å². The topological polar surface area (TPSA) is 43.4 Å². The summed E-state index contributed by atoms with van der Waals surface area (Å²) in [6.45, 7) is 4.90. The van der Waals surface area contributed by atoms with E-state index in [0.29, 0.717) is 0 Å². The van der Waals surface area contributed by atoms with Crippen molar-refractivity contribution in [3.05, 3.63) is 0 Å². The summed E-state index contributed by atoms with van der Waals surface area (Å²) in [6, 6.07) is 0. The molecular formula is C7H16KNO2. The second kappa shape index (κ2) is 9.16. The zero-order valence-corrected chi connectivity index (χ0v) is 11.5. The predicted molar refractivity (Wildman–Crippen MR) is 39.5 cm³/mol. The summed E-state index contributed by atoms with van der Waals surface area (Å²) < 4.78 is 0. The van der Waals surface area contributed by atoms with E-state index in [2.05, 4.69) is 0 Å². The van der Waals surface area contributed by atoms with Crippen LogP contribution >= 0.6 is 0 Å². The van der Waals surface area contributed by atoms with Crippen LogP contribution in [0.2, 0.25) is 0 Å². The second-order valence-electron chi connectivity index (χ2n) is 3.18. The van der Waals surface area contributed by atoms with E-state index in [1.807, 2.05) is 0 Å². The molecule has 0 aromatic heterocycles. The largest absolute Gasteiger partial charge is 1.00 e. The Labute approximate surface area is 112 Å². The molecule has 62 valence electrons. The van der Waals surface area contributed by atoms with Crippen molar-refractivity contribution in [2.24, 2.45) is 0 Å². The van der Waals surface area contributed by atoms with Crippen LogP contribution in [0.1, 0.15) is 20.8 Å². The van der Waals surface area contributed by atoms with Crippen LogP contribution in [0, 0.1) is 0 Å². The van der Waals surface area contributed by atoms with Crippen LogP contribution in [-0.4, -0.2) is 31.0 Å². The van der Waals surface area contributed by atoms with Gasteiger partial charge in [-0.05, 0) is 0 Å². The fraction of sp³-hybridized carbons (Fsp3) is 0.857. The third-order valence-corrected chi connectivity index (χ3v) is 0.211. The van der Waals surface area contributed by atoms with Gasteiger partial charge in [-0.1, -0.05) is 20.8 Å². The maximum absolute atomic E-state index is 10.1. The van der Waals surface area contributed by atoms with Crippen molar-refractivity contribution in [2.45, 2.75) is 26.4 Å². The quantitative estimate of drug-likeness (QED) is 0.320. The van der Waals surface area contributed by atoms with Gasteiger partial charge in [0.1, 0.15) is 0 Å². The van der Waals surface area contributed by atoms with Gasteiger partial charge in [-0.2, -0.15) is 0 Å². The average Bonchev–Trinajstić information content (AvgIpc) is 1.61. The van der Waals surface area contributed by atoms with Gasteiger partial charge in [-0.15, -0.1) is 5.60 Å². The molecule has 0 saturated heterocycles. The zero-order valence-electron chi connectivity index (χ0n) is 8.34. The van der Waals surface area contributed by atoms with E-state index >= 15 is 0 Å². The molecule has 0 radical (unpaired) electrons. The summed E-state index contributed by atoms with van der Waals surface area (Å²) in [5.41, 5.74) is -0.750. The standard InChI is InChI=1S/C4H9O.C3H7NO.K/c1-4(2,3)5;1-4(2)3-5;/h1-3H3;3H,1-2H3;/q-1;;+1. The number of hydrogen-bond donors (Lipinski definition) is 0. The van der Waals surface area contributed by atoms with Crippen LogP contribution in [-0.2, 0) is 4.79 Å². The van der Waals surface area contributed by atoms with Gasteiger partial charge >= 0.3 is 51.4 Å². The predicted octanol–water partition coefficient (Wildman–Crippen LogP) is -3.15. The molecule has 0 aliphatic heterocycles.